The van der Waals surface area contributed by atoms with E-state index in [2.05, 4.69) is 34.2 Å². The summed E-state index contributed by atoms with van der Waals surface area (Å²) in [4.78, 5) is 45.9. The number of methoxy groups -OCH3 is 2. The Labute approximate surface area is 268 Å². The number of cyclic esters (lactones) is 1. The average molecular weight is 705 g/mol. The number of alkyl halides is 1. The summed E-state index contributed by atoms with van der Waals surface area (Å²) in [5.41, 5.74) is 3.58. The molecule has 0 radical (unpaired) electrons. The van der Waals surface area contributed by atoms with Crippen molar-refractivity contribution in [3.8, 4) is 0 Å². The zero-order valence-electron chi connectivity index (χ0n) is 25.5. The lowest BCUT2D eigenvalue weighted by Crippen LogP contribution is -2.36. The van der Waals surface area contributed by atoms with Crippen molar-refractivity contribution in [1.82, 2.24) is 9.55 Å². The molecule has 0 amide bonds. The number of carbonyl (C=O) groups is 3. The molecule has 0 fully saturated rings. The Morgan fingerprint density at radius 1 is 0.955 bits per heavy atom. The second-order valence-corrected chi connectivity index (χ2v) is 15.0. The fourth-order valence-corrected chi connectivity index (χ4v) is 6.52. The Kier molecular flexibility index (Phi) is 7.14. The van der Waals surface area contributed by atoms with E-state index in [9.17, 15) is 14.4 Å². The van der Waals surface area contributed by atoms with Crippen LogP contribution in [0.15, 0.2) is 72.8 Å². The first kappa shape index (κ1) is 29.9. The quantitative estimate of drug-likeness (QED) is 0.0941. The van der Waals surface area contributed by atoms with E-state index in [0.717, 1.165) is 22.2 Å². The largest absolute Gasteiger partial charge is 0.492 e. The summed E-state index contributed by atoms with van der Waals surface area (Å²) in [6, 6.07) is 13.3. The first-order chi connectivity index (χ1) is 20.8. The molecule has 2 aliphatic rings. The van der Waals surface area contributed by atoms with Crippen molar-refractivity contribution >= 4 is 73.2 Å². The monoisotopic (exact) mass is 704 g/mol. The minimum absolute atomic E-state index is 0.0301. The van der Waals surface area contributed by atoms with Crippen molar-refractivity contribution < 1.29 is 28.6 Å². The molecule has 6 rings (SSSR count). The number of nitrogens with one attached hydrogen (secondary N) is 1. The number of nitrogens with zero attached hydrogens (tertiary/aromatic N) is 1. The van der Waals surface area contributed by atoms with Crippen LogP contribution in [0.3, 0.4) is 0 Å². The predicted octanol–water partition coefficient (Wildman–Crippen LogP) is 7.28. The number of ketones is 2. The first-order valence-electron chi connectivity index (χ1n) is 14.3. The Morgan fingerprint density at radius 2 is 1.59 bits per heavy atom. The van der Waals surface area contributed by atoms with Gasteiger partial charge in [-0.2, -0.15) is 0 Å². The fourth-order valence-electron chi connectivity index (χ4n) is 6.18. The Bertz CT molecular complexity index is 1980. The van der Waals surface area contributed by atoms with Crippen LogP contribution in [-0.4, -0.2) is 51.0 Å². The summed E-state index contributed by atoms with van der Waals surface area (Å²) < 4.78 is 18.5. The summed E-state index contributed by atoms with van der Waals surface area (Å²) in [6.45, 7) is 12.0. The van der Waals surface area contributed by atoms with Crippen LogP contribution in [0, 0.1) is 0 Å². The number of aromatic amines is 1. The minimum atomic E-state index is -0.580. The van der Waals surface area contributed by atoms with Gasteiger partial charge in [0.1, 0.15) is 6.10 Å². The number of rotatable bonds is 7. The lowest BCUT2D eigenvalue weighted by atomic mass is 9.80. The van der Waals surface area contributed by atoms with Gasteiger partial charge in [-0.05, 0) is 25.5 Å². The van der Waals surface area contributed by atoms with Crippen LogP contribution in [0.1, 0.15) is 50.1 Å². The molecule has 1 unspecified atom stereocenters. The molecule has 9 heteroatoms. The van der Waals surface area contributed by atoms with Crippen LogP contribution < -0.4 is 0 Å². The molecular formula is C35H33IN2O6. The average Bonchev–Trinajstić information content (AvgIpc) is 3.52. The number of para-hydroxylation sites is 2. The third-order valence-corrected chi connectivity index (χ3v) is 9.32. The normalized spacial score (nSPS) is 17.8. The van der Waals surface area contributed by atoms with Crippen LogP contribution in [0.5, 0.6) is 0 Å². The van der Waals surface area contributed by atoms with E-state index in [1.165, 1.54) is 18.8 Å². The van der Waals surface area contributed by atoms with Gasteiger partial charge in [-0.1, -0.05) is 78.9 Å². The van der Waals surface area contributed by atoms with Gasteiger partial charge in [-0.3, -0.25) is 14.2 Å². The summed E-state index contributed by atoms with van der Waals surface area (Å²) in [5.74, 6) is -1.24. The van der Waals surface area contributed by atoms with Crippen molar-refractivity contribution in [2.75, 3.05) is 14.2 Å². The van der Waals surface area contributed by atoms with Crippen molar-refractivity contribution in [3.63, 3.8) is 0 Å². The van der Waals surface area contributed by atoms with Gasteiger partial charge in [-0.15, -0.1) is 6.58 Å². The molecule has 4 aromatic rings. The van der Waals surface area contributed by atoms with E-state index < -0.39 is 23.1 Å². The Morgan fingerprint density at radius 3 is 2.25 bits per heavy atom. The molecule has 0 saturated carbocycles. The molecule has 0 spiro atoms. The third-order valence-electron chi connectivity index (χ3n) is 8.63. The number of hydrogen-bond acceptors (Lipinski definition) is 6. The number of aromatic nitrogens is 2. The summed E-state index contributed by atoms with van der Waals surface area (Å²) in [7, 11) is 2.75. The van der Waals surface area contributed by atoms with Crippen LogP contribution >= 0.6 is 22.6 Å². The van der Waals surface area contributed by atoms with Crippen molar-refractivity contribution in [3.05, 3.63) is 95.2 Å². The van der Waals surface area contributed by atoms with Crippen molar-refractivity contribution in [2.24, 2.45) is 0 Å². The summed E-state index contributed by atoms with van der Waals surface area (Å²) >= 11 is 2.29. The third kappa shape index (κ3) is 4.43. The lowest BCUT2D eigenvalue weighted by molar-refractivity contribution is -0.117. The Balaban J connectivity index is 1.60. The molecule has 0 saturated heterocycles. The topological polar surface area (TPSA) is 99.6 Å². The minimum Gasteiger partial charge on any atom is -0.492 e. The first-order valence-corrected chi connectivity index (χ1v) is 15.4. The number of H-pyrrole nitrogens is 1. The molecular weight excluding hydrogens is 671 g/mol. The van der Waals surface area contributed by atoms with Crippen LogP contribution in [-0.2, 0) is 35.6 Å². The van der Waals surface area contributed by atoms with Gasteiger partial charge >= 0.3 is 6.09 Å². The maximum Gasteiger partial charge on any atom is 0.418 e. The Hall–Kier alpha value is -4.12. The predicted molar refractivity (Wildman–Crippen MR) is 179 cm³/mol. The van der Waals surface area contributed by atoms with Crippen LogP contribution in [0.2, 0.25) is 0 Å². The van der Waals surface area contributed by atoms with E-state index in [0.29, 0.717) is 28.5 Å². The lowest BCUT2D eigenvalue weighted by Gasteiger charge is -2.27. The zero-order valence-corrected chi connectivity index (χ0v) is 27.6. The molecule has 8 nitrogen and oxygen atoms in total. The highest BCUT2D eigenvalue weighted by Crippen LogP contribution is 2.45. The van der Waals surface area contributed by atoms with Gasteiger partial charge in [0.2, 0.25) is 11.6 Å². The van der Waals surface area contributed by atoms with E-state index in [1.54, 1.807) is 12.3 Å². The van der Waals surface area contributed by atoms with Gasteiger partial charge in [0.05, 0.1) is 34.3 Å². The van der Waals surface area contributed by atoms with Gasteiger partial charge in [0.15, 0.2) is 11.5 Å². The number of benzene rings is 2. The summed E-state index contributed by atoms with van der Waals surface area (Å²) in [5, 5.41) is 1.40. The molecule has 1 aliphatic heterocycles. The molecule has 1 aliphatic carbocycles. The standard InChI is InChI=1S/C35H33IN2O6/c1-8-34(2,3)32-24(20-13-9-10-15-22(20)37-32)26-29(40)30(42-6)25(28(39)31(26)43-7)21-17-38-27-18(12-11-14-19(21)27)16-23(35(4,5)36)44-33(38)41/h8-15,17,23,37H,1,16H2,2-7H3. The van der Waals surface area contributed by atoms with E-state index in [4.69, 9.17) is 14.2 Å². The maximum absolute atomic E-state index is 14.5. The van der Waals surface area contributed by atoms with Crippen molar-refractivity contribution in [1.29, 1.82) is 0 Å². The maximum atomic E-state index is 14.5. The number of ether oxygens (including phenoxy) is 3. The van der Waals surface area contributed by atoms with Crippen molar-refractivity contribution in [2.45, 2.75) is 49.1 Å². The highest BCUT2D eigenvalue weighted by Gasteiger charge is 2.43. The smallest absolute Gasteiger partial charge is 0.418 e. The van der Waals surface area contributed by atoms with Crippen LogP contribution in [0.4, 0.5) is 4.79 Å². The molecule has 2 aromatic carbocycles. The number of hydrogen-bond donors (Lipinski definition) is 1. The molecule has 1 N–H and O–H groups in total. The molecule has 3 heterocycles. The fraction of sp³-hybridized carbons (Fsp3) is 0.286. The van der Waals surface area contributed by atoms with Gasteiger partial charge in [0, 0.05) is 51.1 Å². The van der Waals surface area contributed by atoms with E-state index in [1.807, 2.05) is 70.2 Å². The summed E-state index contributed by atoms with van der Waals surface area (Å²) in [6.07, 6.45) is 2.96. The molecule has 2 aromatic heterocycles. The van der Waals surface area contributed by atoms with Gasteiger partial charge in [-0.25, -0.2) is 4.79 Å². The van der Waals surface area contributed by atoms with Gasteiger partial charge in [0.25, 0.3) is 0 Å². The zero-order chi connectivity index (χ0) is 31.7. The van der Waals surface area contributed by atoms with E-state index >= 15 is 0 Å². The number of Topliss-reactive ketones (excluding diaryl/α,β-unsaturated/α-hetero) is 2. The van der Waals surface area contributed by atoms with Gasteiger partial charge < -0.3 is 19.2 Å². The van der Waals surface area contributed by atoms with Crippen LogP contribution in [0.25, 0.3) is 33.0 Å². The number of fused-ring (bicyclic) bond motifs is 1. The molecule has 226 valence electrons. The highest BCUT2D eigenvalue weighted by atomic mass is 127. The molecule has 0 bridgehead atoms. The second-order valence-electron chi connectivity index (χ2n) is 12.2. The SMILES string of the molecule is C=CC(C)(C)c1[nH]c2ccccc2c1C1=C(OC)C(=O)C(c2cn3c4c(cccc24)CC(C(C)(C)I)OC3=O)=C(OC)C1=O. The number of allylic oxidation sites excluding steroid dienone is 3. The number of carbonyl (C=O) groups excluding carboxylic acids is 3. The molecule has 44 heavy (non-hydrogen) atoms. The molecule has 1 atom stereocenters. The second kappa shape index (κ2) is 10.5. The number of halogens is 1. The van der Waals surface area contributed by atoms with E-state index in [-0.39, 0.29) is 32.2 Å². The highest BCUT2D eigenvalue weighted by molar-refractivity contribution is 14.1.